The number of carbonyl (C=O) groups excluding carboxylic acids is 1. The number of fused-ring (bicyclic) bond motifs is 1. The van der Waals surface area contributed by atoms with E-state index >= 15 is 0 Å². The quantitative estimate of drug-likeness (QED) is 0.836. The van der Waals surface area contributed by atoms with Crippen molar-refractivity contribution in [3.8, 4) is 0 Å². The van der Waals surface area contributed by atoms with Gasteiger partial charge in [-0.25, -0.2) is 0 Å². The number of rotatable bonds is 2. The lowest BCUT2D eigenvalue weighted by Crippen LogP contribution is -2.50. The van der Waals surface area contributed by atoms with Gasteiger partial charge in [0.25, 0.3) is 0 Å². The molecule has 6 heteroatoms. The lowest BCUT2D eigenvalue weighted by atomic mass is 9.99. The number of hydrogen-bond donors (Lipinski definition) is 1. The predicted molar refractivity (Wildman–Crippen MR) is 78.2 cm³/mol. The second-order valence-corrected chi connectivity index (χ2v) is 6.43. The minimum atomic E-state index is -0.922. The van der Waals surface area contributed by atoms with Crippen molar-refractivity contribution in [3.05, 3.63) is 35.9 Å². The van der Waals surface area contributed by atoms with Crippen molar-refractivity contribution in [2.75, 3.05) is 0 Å². The number of carbonyl (C=O) groups is 1. The Balaban J connectivity index is 1.59. The van der Waals surface area contributed by atoms with Crippen LogP contribution in [0.1, 0.15) is 38.0 Å². The average molecular weight is 320 g/mol. The smallest absolute Gasteiger partial charge is 0.308 e. The van der Waals surface area contributed by atoms with Crippen molar-refractivity contribution >= 4 is 5.97 Å². The molecule has 1 N–H and O–H groups in total. The fourth-order valence-corrected chi connectivity index (χ4v) is 3.59. The van der Waals surface area contributed by atoms with Crippen LogP contribution in [0.15, 0.2) is 30.3 Å². The summed E-state index contributed by atoms with van der Waals surface area (Å²) in [7, 11) is 0. The molecule has 0 unspecified atom stereocenters. The SMILES string of the molecule is C[C@H](O)[C@@H]1O[C@H](c2ccccc2)O[C@@H]2C[C@]3(CCC(=O)O3)O[C@H]12. The Labute approximate surface area is 134 Å². The second kappa shape index (κ2) is 5.56. The van der Waals surface area contributed by atoms with Crippen molar-refractivity contribution < 1.29 is 28.8 Å². The largest absolute Gasteiger partial charge is 0.433 e. The van der Waals surface area contributed by atoms with Crippen molar-refractivity contribution in [2.24, 2.45) is 0 Å². The first-order valence-electron chi connectivity index (χ1n) is 8.00. The summed E-state index contributed by atoms with van der Waals surface area (Å²) in [5.41, 5.74) is 0.890. The Morgan fingerprint density at radius 2 is 2.04 bits per heavy atom. The van der Waals surface area contributed by atoms with Gasteiger partial charge in [-0.3, -0.25) is 4.79 Å². The fraction of sp³-hybridized carbons (Fsp3) is 0.588. The predicted octanol–water partition coefficient (Wildman–Crippen LogP) is 1.67. The van der Waals surface area contributed by atoms with Gasteiger partial charge >= 0.3 is 5.97 Å². The van der Waals surface area contributed by atoms with Crippen LogP contribution in [-0.2, 0) is 23.7 Å². The number of aliphatic hydroxyl groups is 1. The zero-order valence-electron chi connectivity index (χ0n) is 12.9. The molecule has 3 fully saturated rings. The van der Waals surface area contributed by atoms with Gasteiger partial charge in [0.2, 0.25) is 5.79 Å². The normalized spacial score (nSPS) is 40.9. The molecule has 3 saturated heterocycles. The maximum atomic E-state index is 11.5. The van der Waals surface area contributed by atoms with E-state index < -0.39 is 30.4 Å². The number of benzene rings is 1. The van der Waals surface area contributed by atoms with Crippen molar-refractivity contribution in [2.45, 2.75) is 62.7 Å². The van der Waals surface area contributed by atoms with Crippen LogP contribution in [0.4, 0.5) is 0 Å². The van der Waals surface area contributed by atoms with Gasteiger partial charge in [-0.2, -0.15) is 0 Å². The molecule has 1 aromatic rings. The molecule has 0 radical (unpaired) electrons. The fourth-order valence-electron chi connectivity index (χ4n) is 3.59. The molecular weight excluding hydrogens is 300 g/mol. The van der Waals surface area contributed by atoms with Crippen LogP contribution in [-0.4, -0.2) is 41.3 Å². The Hall–Kier alpha value is -1.47. The summed E-state index contributed by atoms with van der Waals surface area (Å²) >= 11 is 0. The molecule has 0 amide bonds. The third-order valence-electron chi connectivity index (χ3n) is 4.69. The van der Waals surface area contributed by atoms with E-state index in [4.69, 9.17) is 18.9 Å². The number of esters is 1. The van der Waals surface area contributed by atoms with Gasteiger partial charge in [-0.15, -0.1) is 0 Å². The van der Waals surface area contributed by atoms with Crippen LogP contribution < -0.4 is 0 Å². The van der Waals surface area contributed by atoms with E-state index in [1.54, 1.807) is 6.92 Å². The molecule has 0 aromatic heterocycles. The molecule has 6 nitrogen and oxygen atoms in total. The van der Waals surface area contributed by atoms with Gasteiger partial charge < -0.3 is 24.1 Å². The summed E-state index contributed by atoms with van der Waals surface area (Å²) in [6.07, 6.45) is -1.19. The summed E-state index contributed by atoms with van der Waals surface area (Å²) in [5, 5.41) is 10.1. The van der Waals surface area contributed by atoms with E-state index in [9.17, 15) is 9.90 Å². The van der Waals surface area contributed by atoms with E-state index in [0.29, 0.717) is 19.3 Å². The summed E-state index contributed by atoms with van der Waals surface area (Å²) in [4.78, 5) is 11.5. The molecule has 0 bridgehead atoms. The van der Waals surface area contributed by atoms with Gasteiger partial charge in [0, 0.05) is 18.4 Å². The minimum absolute atomic E-state index is 0.252. The lowest BCUT2D eigenvalue weighted by Gasteiger charge is -2.39. The standard InChI is InChI=1S/C17H20O6/c1-10(18)14-15-12(9-17(23-15)8-7-13(19)22-17)20-16(21-14)11-5-3-2-4-6-11/h2-6,10,12,14-16,18H,7-9H2,1H3/t10-,12+,14-,15-,16+,17-/m0/s1. The van der Waals surface area contributed by atoms with Crippen LogP contribution in [0.2, 0.25) is 0 Å². The third kappa shape index (κ3) is 2.65. The summed E-state index contributed by atoms with van der Waals surface area (Å²) in [6.45, 7) is 1.67. The number of hydrogen-bond acceptors (Lipinski definition) is 6. The molecule has 4 rings (SSSR count). The maximum absolute atomic E-state index is 11.5. The Morgan fingerprint density at radius 3 is 2.70 bits per heavy atom. The third-order valence-corrected chi connectivity index (χ3v) is 4.69. The Kier molecular flexibility index (Phi) is 3.65. The Bertz CT molecular complexity index is 588. The van der Waals surface area contributed by atoms with E-state index in [1.165, 1.54) is 0 Å². The van der Waals surface area contributed by atoms with E-state index in [2.05, 4.69) is 0 Å². The molecule has 1 aromatic carbocycles. The van der Waals surface area contributed by atoms with Crippen LogP contribution in [0.3, 0.4) is 0 Å². The highest BCUT2D eigenvalue weighted by Crippen LogP contribution is 2.47. The van der Waals surface area contributed by atoms with Crippen molar-refractivity contribution in [1.82, 2.24) is 0 Å². The number of ether oxygens (including phenoxy) is 4. The van der Waals surface area contributed by atoms with E-state index in [0.717, 1.165) is 5.56 Å². The molecule has 1 spiro atoms. The van der Waals surface area contributed by atoms with E-state index in [1.807, 2.05) is 30.3 Å². The van der Waals surface area contributed by atoms with Crippen molar-refractivity contribution in [1.29, 1.82) is 0 Å². The first-order valence-corrected chi connectivity index (χ1v) is 8.00. The highest BCUT2D eigenvalue weighted by Gasteiger charge is 2.58. The molecule has 6 atom stereocenters. The van der Waals surface area contributed by atoms with Crippen LogP contribution >= 0.6 is 0 Å². The molecule has 0 aliphatic carbocycles. The maximum Gasteiger partial charge on any atom is 0.308 e. The first-order chi connectivity index (χ1) is 11.1. The van der Waals surface area contributed by atoms with Gasteiger partial charge in [0.05, 0.1) is 18.6 Å². The second-order valence-electron chi connectivity index (χ2n) is 6.43. The Morgan fingerprint density at radius 1 is 1.26 bits per heavy atom. The molecule has 3 aliphatic heterocycles. The minimum Gasteiger partial charge on any atom is -0.433 e. The zero-order chi connectivity index (χ0) is 16.0. The highest BCUT2D eigenvalue weighted by atomic mass is 16.8. The highest BCUT2D eigenvalue weighted by molar-refractivity contribution is 5.72. The van der Waals surface area contributed by atoms with Crippen LogP contribution in [0, 0.1) is 0 Å². The topological polar surface area (TPSA) is 74.2 Å². The van der Waals surface area contributed by atoms with E-state index in [-0.39, 0.29) is 12.1 Å². The molecule has 0 saturated carbocycles. The average Bonchev–Trinajstić information content (AvgIpc) is 3.08. The van der Waals surface area contributed by atoms with Gasteiger partial charge in [0.1, 0.15) is 12.2 Å². The zero-order valence-corrected chi connectivity index (χ0v) is 12.9. The van der Waals surface area contributed by atoms with Gasteiger partial charge in [-0.05, 0) is 6.92 Å². The summed E-state index contributed by atoms with van der Waals surface area (Å²) in [5.74, 6) is -1.17. The molecule has 3 heterocycles. The first kappa shape index (κ1) is 15.1. The molecule has 124 valence electrons. The number of aliphatic hydroxyl groups excluding tert-OH is 1. The monoisotopic (exact) mass is 320 g/mol. The molecular formula is C17H20O6. The van der Waals surface area contributed by atoms with Gasteiger partial charge in [-0.1, -0.05) is 30.3 Å². The van der Waals surface area contributed by atoms with Crippen LogP contribution in [0.5, 0.6) is 0 Å². The van der Waals surface area contributed by atoms with Crippen molar-refractivity contribution in [3.63, 3.8) is 0 Å². The van der Waals surface area contributed by atoms with Crippen LogP contribution in [0.25, 0.3) is 0 Å². The summed E-state index contributed by atoms with van der Waals surface area (Å²) in [6, 6.07) is 9.59. The molecule has 3 aliphatic rings. The lowest BCUT2D eigenvalue weighted by molar-refractivity contribution is -0.303. The molecule has 23 heavy (non-hydrogen) atoms. The summed E-state index contributed by atoms with van der Waals surface area (Å²) < 4.78 is 23.4. The van der Waals surface area contributed by atoms with Gasteiger partial charge in [0.15, 0.2) is 6.29 Å².